The number of para-hydroxylation sites is 4. The van der Waals surface area contributed by atoms with Gasteiger partial charge in [-0.2, -0.15) is 0 Å². The van der Waals surface area contributed by atoms with E-state index in [4.69, 9.17) is 9.40 Å². The Labute approximate surface area is 219 Å². The molecule has 2 heterocycles. The van der Waals surface area contributed by atoms with Gasteiger partial charge in [0.05, 0.1) is 22.3 Å². The fourth-order valence-corrected chi connectivity index (χ4v) is 6.11. The summed E-state index contributed by atoms with van der Waals surface area (Å²) in [5.41, 5.74) is 8.43. The third-order valence-electron chi connectivity index (χ3n) is 7.84. The van der Waals surface area contributed by atoms with E-state index >= 15 is 0 Å². The number of rotatable bonds is 2. The van der Waals surface area contributed by atoms with Crippen LogP contribution >= 0.6 is 0 Å². The number of hydrogen-bond acceptors (Lipinski definition) is 2. The standard InChI is InChI=1S/C35H24N2O/c1-21-9-7-10-22(2)32(21)37-30-16-6-5-15-29(30)36-35(37)28-14-8-13-26-27-20-19-24-18-17-23-11-3-4-12-25(23)31(24)34(27)38-33(26)28/h3-20H,1-2H3. The van der Waals surface area contributed by atoms with Gasteiger partial charge in [0.25, 0.3) is 0 Å². The highest BCUT2D eigenvalue weighted by molar-refractivity contribution is 6.23. The number of furan rings is 1. The fourth-order valence-electron chi connectivity index (χ4n) is 6.11. The number of hydrogen-bond donors (Lipinski definition) is 0. The van der Waals surface area contributed by atoms with Gasteiger partial charge in [0.15, 0.2) is 0 Å². The first-order chi connectivity index (χ1) is 18.7. The van der Waals surface area contributed by atoms with Gasteiger partial charge in [0, 0.05) is 16.2 Å². The van der Waals surface area contributed by atoms with E-state index < -0.39 is 0 Å². The summed E-state index contributed by atoms with van der Waals surface area (Å²) in [6.07, 6.45) is 0. The number of nitrogens with zero attached hydrogens (tertiary/aromatic N) is 2. The Morgan fingerprint density at radius 2 is 1.26 bits per heavy atom. The molecule has 0 fully saturated rings. The van der Waals surface area contributed by atoms with Gasteiger partial charge in [-0.1, -0.05) is 84.9 Å². The van der Waals surface area contributed by atoms with Crippen molar-refractivity contribution in [1.82, 2.24) is 9.55 Å². The molecule has 0 saturated carbocycles. The van der Waals surface area contributed by atoms with E-state index in [1.165, 1.54) is 33.0 Å². The molecule has 3 heteroatoms. The minimum atomic E-state index is 0.866. The lowest BCUT2D eigenvalue weighted by molar-refractivity contribution is 0.673. The smallest absolute Gasteiger partial charge is 0.149 e. The van der Waals surface area contributed by atoms with Crippen LogP contribution in [0.3, 0.4) is 0 Å². The Morgan fingerprint density at radius 1 is 0.579 bits per heavy atom. The monoisotopic (exact) mass is 488 g/mol. The first-order valence-corrected chi connectivity index (χ1v) is 13.0. The third kappa shape index (κ3) is 2.87. The second kappa shape index (κ2) is 7.80. The van der Waals surface area contributed by atoms with Crippen molar-refractivity contribution in [3.63, 3.8) is 0 Å². The number of aryl methyl sites for hydroxylation is 2. The Kier molecular flexibility index (Phi) is 4.36. The van der Waals surface area contributed by atoms with Crippen molar-refractivity contribution in [1.29, 1.82) is 0 Å². The van der Waals surface area contributed by atoms with Crippen molar-refractivity contribution >= 4 is 54.5 Å². The lowest BCUT2D eigenvalue weighted by Crippen LogP contribution is -2.02. The molecular formula is C35H24N2O. The highest BCUT2D eigenvalue weighted by atomic mass is 16.3. The summed E-state index contributed by atoms with van der Waals surface area (Å²) in [6, 6.07) is 38.5. The van der Waals surface area contributed by atoms with Crippen molar-refractivity contribution in [2.24, 2.45) is 0 Å². The Morgan fingerprint density at radius 3 is 2.16 bits per heavy atom. The number of fused-ring (bicyclic) bond motifs is 8. The van der Waals surface area contributed by atoms with E-state index in [0.29, 0.717) is 0 Å². The van der Waals surface area contributed by atoms with Crippen molar-refractivity contribution in [3.05, 3.63) is 120 Å². The predicted molar refractivity (Wildman–Crippen MR) is 158 cm³/mol. The largest absolute Gasteiger partial charge is 0.455 e. The molecule has 8 rings (SSSR count). The molecule has 0 saturated heterocycles. The molecule has 0 atom stereocenters. The van der Waals surface area contributed by atoms with Crippen LogP contribution in [0.25, 0.3) is 71.6 Å². The molecule has 38 heavy (non-hydrogen) atoms. The van der Waals surface area contributed by atoms with E-state index in [9.17, 15) is 0 Å². The maximum Gasteiger partial charge on any atom is 0.149 e. The van der Waals surface area contributed by atoms with Gasteiger partial charge < -0.3 is 4.42 Å². The zero-order chi connectivity index (χ0) is 25.4. The van der Waals surface area contributed by atoms with Crippen molar-refractivity contribution in [2.45, 2.75) is 13.8 Å². The highest BCUT2D eigenvalue weighted by Gasteiger charge is 2.22. The van der Waals surface area contributed by atoms with Gasteiger partial charge in [0.2, 0.25) is 0 Å². The Bertz CT molecular complexity index is 2190. The average molecular weight is 489 g/mol. The van der Waals surface area contributed by atoms with Crippen LogP contribution in [0.5, 0.6) is 0 Å². The fraction of sp³-hybridized carbons (Fsp3) is 0.0571. The molecule has 0 aliphatic heterocycles. The minimum Gasteiger partial charge on any atom is -0.455 e. The highest BCUT2D eigenvalue weighted by Crippen LogP contribution is 2.42. The van der Waals surface area contributed by atoms with E-state index in [2.05, 4.69) is 122 Å². The van der Waals surface area contributed by atoms with Crippen molar-refractivity contribution < 1.29 is 4.42 Å². The molecule has 0 bridgehead atoms. The minimum absolute atomic E-state index is 0.866. The van der Waals surface area contributed by atoms with E-state index in [-0.39, 0.29) is 0 Å². The summed E-state index contributed by atoms with van der Waals surface area (Å²) in [5, 5.41) is 6.99. The average Bonchev–Trinajstić information content (AvgIpc) is 3.52. The zero-order valence-electron chi connectivity index (χ0n) is 21.2. The third-order valence-corrected chi connectivity index (χ3v) is 7.84. The summed E-state index contributed by atoms with van der Waals surface area (Å²) < 4.78 is 9.15. The van der Waals surface area contributed by atoms with Crippen LogP contribution in [0, 0.1) is 13.8 Å². The van der Waals surface area contributed by atoms with Crippen LogP contribution in [0.4, 0.5) is 0 Å². The number of imidazole rings is 1. The Balaban J connectivity index is 1.52. The van der Waals surface area contributed by atoms with Crippen molar-refractivity contribution in [3.8, 4) is 17.1 Å². The molecule has 0 spiro atoms. The molecule has 0 amide bonds. The molecule has 3 nitrogen and oxygen atoms in total. The number of aromatic nitrogens is 2. The summed E-state index contributed by atoms with van der Waals surface area (Å²) in [4.78, 5) is 5.18. The first kappa shape index (κ1) is 21.2. The van der Waals surface area contributed by atoms with Gasteiger partial charge in [0.1, 0.15) is 17.0 Å². The maximum atomic E-state index is 6.85. The van der Waals surface area contributed by atoms with Crippen LogP contribution in [0.1, 0.15) is 11.1 Å². The molecule has 0 aliphatic rings. The maximum absolute atomic E-state index is 6.85. The van der Waals surface area contributed by atoms with Crippen LogP contribution in [-0.2, 0) is 0 Å². The van der Waals surface area contributed by atoms with E-state index in [1.54, 1.807) is 0 Å². The normalized spacial score (nSPS) is 11.9. The summed E-state index contributed by atoms with van der Waals surface area (Å²) in [6.45, 7) is 4.33. The van der Waals surface area contributed by atoms with Crippen LogP contribution < -0.4 is 0 Å². The zero-order valence-corrected chi connectivity index (χ0v) is 21.2. The predicted octanol–water partition coefficient (Wildman–Crippen LogP) is 9.52. The van der Waals surface area contributed by atoms with Gasteiger partial charge in [-0.15, -0.1) is 0 Å². The second-order valence-corrected chi connectivity index (χ2v) is 10.1. The summed E-state index contributed by atoms with van der Waals surface area (Å²) >= 11 is 0. The SMILES string of the molecule is Cc1cccc(C)c1-n1c(-c2cccc3c2oc2c3ccc3ccc4ccccc4c32)nc2ccccc21. The molecule has 0 aliphatic carbocycles. The van der Waals surface area contributed by atoms with E-state index in [1.807, 2.05) is 6.07 Å². The molecule has 8 aromatic rings. The van der Waals surface area contributed by atoms with Crippen LogP contribution in [0.15, 0.2) is 114 Å². The first-order valence-electron chi connectivity index (χ1n) is 13.0. The van der Waals surface area contributed by atoms with Crippen LogP contribution in [-0.4, -0.2) is 9.55 Å². The quantitative estimate of drug-likeness (QED) is 0.227. The van der Waals surface area contributed by atoms with E-state index in [0.717, 1.165) is 49.7 Å². The molecule has 2 aromatic heterocycles. The van der Waals surface area contributed by atoms with Gasteiger partial charge in [-0.25, -0.2) is 4.98 Å². The molecule has 0 unspecified atom stereocenters. The molecule has 180 valence electrons. The molecular weight excluding hydrogens is 464 g/mol. The van der Waals surface area contributed by atoms with Crippen LogP contribution in [0.2, 0.25) is 0 Å². The topological polar surface area (TPSA) is 31.0 Å². The summed E-state index contributed by atoms with van der Waals surface area (Å²) in [5.74, 6) is 0.891. The van der Waals surface area contributed by atoms with Gasteiger partial charge in [-0.3, -0.25) is 4.57 Å². The second-order valence-electron chi connectivity index (χ2n) is 10.1. The summed E-state index contributed by atoms with van der Waals surface area (Å²) in [7, 11) is 0. The Hall–Kier alpha value is -4.89. The number of benzene rings is 6. The lowest BCUT2D eigenvalue weighted by atomic mass is 9.99. The molecule has 6 aromatic carbocycles. The van der Waals surface area contributed by atoms with Crippen molar-refractivity contribution in [2.75, 3.05) is 0 Å². The lowest BCUT2D eigenvalue weighted by Gasteiger charge is -2.15. The van der Waals surface area contributed by atoms with Gasteiger partial charge in [-0.05, 0) is 65.4 Å². The molecule has 0 N–H and O–H groups in total. The van der Waals surface area contributed by atoms with Gasteiger partial charge >= 0.3 is 0 Å². The molecule has 0 radical (unpaired) electrons.